The van der Waals surface area contributed by atoms with Crippen LogP contribution in [0.3, 0.4) is 0 Å². The second kappa shape index (κ2) is 5.28. The summed E-state index contributed by atoms with van der Waals surface area (Å²) < 4.78 is 27.0. The van der Waals surface area contributed by atoms with Gasteiger partial charge in [0.05, 0.1) is 5.69 Å². The van der Waals surface area contributed by atoms with Crippen molar-refractivity contribution in [1.82, 2.24) is 4.98 Å². The number of amides is 1. The molecule has 104 valence electrons. The predicted octanol–water partition coefficient (Wildman–Crippen LogP) is 3.55. The number of anilines is 1. The second-order valence-corrected chi connectivity index (χ2v) is 5.73. The SMILES string of the molecule is O=C(Nc1nc2c(s1)CCCC2)c1c(F)cccc1F. The van der Waals surface area contributed by atoms with E-state index in [0.29, 0.717) is 5.13 Å². The molecule has 6 heteroatoms. The Morgan fingerprint density at radius 2 is 1.90 bits per heavy atom. The molecule has 0 unspecified atom stereocenters. The summed E-state index contributed by atoms with van der Waals surface area (Å²) in [5.41, 5.74) is 0.422. The minimum Gasteiger partial charge on any atom is -0.298 e. The van der Waals surface area contributed by atoms with Crippen molar-refractivity contribution >= 4 is 22.4 Å². The Morgan fingerprint density at radius 1 is 1.20 bits per heavy atom. The van der Waals surface area contributed by atoms with E-state index >= 15 is 0 Å². The van der Waals surface area contributed by atoms with Gasteiger partial charge in [0.15, 0.2) is 5.13 Å². The molecule has 1 aromatic carbocycles. The fourth-order valence-electron chi connectivity index (χ4n) is 2.28. The summed E-state index contributed by atoms with van der Waals surface area (Å²) in [5, 5.41) is 2.89. The van der Waals surface area contributed by atoms with Crippen molar-refractivity contribution in [3.8, 4) is 0 Å². The number of nitrogens with zero attached hydrogens (tertiary/aromatic N) is 1. The first-order chi connectivity index (χ1) is 9.65. The van der Waals surface area contributed by atoms with Crippen molar-refractivity contribution in [3.05, 3.63) is 46.0 Å². The third-order valence-corrected chi connectivity index (χ3v) is 4.33. The number of aromatic nitrogens is 1. The van der Waals surface area contributed by atoms with Crippen molar-refractivity contribution < 1.29 is 13.6 Å². The van der Waals surface area contributed by atoms with Gasteiger partial charge >= 0.3 is 0 Å². The standard InChI is InChI=1S/C14H12F2N2OS/c15-8-4-3-5-9(16)12(8)13(19)18-14-17-10-6-1-2-7-11(10)20-14/h3-5H,1-2,6-7H2,(H,17,18,19). The number of rotatable bonds is 2. The summed E-state index contributed by atoms with van der Waals surface area (Å²) in [5.74, 6) is -2.54. The molecule has 0 bridgehead atoms. The smallest absolute Gasteiger partial charge is 0.263 e. The van der Waals surface area contributed by atoms with Crippen molar-refractivity contribution in [2.75, 3.05) is 5.32 Å². The van der Waals surface area contributed by atoms with Gasteiger partial charge in [0.1, 0.15) is 17.2 Å². The molecule has 0 fully saturated rings. The van der Waals surface area contributed by atoms with E-state index in [-0.39, 0.29) is 0 Å². The van der Waals surface area contributed by atoms with Crippen LogP contribution in [0.1, 0.15) is 33.8 Å². The number of nitrogens with one attached hydrogen (secondary N) is 1. The molecule has 1 heterocycles. The first-order valence-electron chi connectivity index (χ1n) is 6.39. The number of carbonyl (C=O) groups excluding carboxylic acids is 1. The molecule has 1 aliphatic rings. The van der Waals surface area contributed by atoms with E-state index in [1.165, 1.54) is 17.4 Å². The lowest BCUT2D eigenvalue weighted by Gasteiger charge is -2.06. The Labute approximate surface area is 118 Å². The average Bonchev–Trinajstić information content (AvgIpc) is 2.80. The van der Waals surface area contributed by atoms with Crippen LogP contribution >= 0.6 is 11.3 Å². The molecule has 20 heavy (non-hydrogen) atoms. The van der Waals surface area contributed by atoms with Crippen LogP contribution in [-0.4, -0.2) is 10.9 Å². The molecule has 2 aromatic rings. The summed E-state index contributed by atoms with van der Waals surface area (Å²) in [6.45, 7) is 0. The first kappa shape index (κ1) is 13.2. The number of hydrogen-bond donors (Lipinski definition) is 1. The van der Waals surface area contributed by atoms with Crippen LogP contribution in [0, 0.1) is 11.6 Å². The minimum absolute atomic E-state index is 0.407. The molecular weight excluding hydrogens is 282 g/mol. The van der Waals surface area contributed by atoms with Crippen molar-refractivity contribution in [3.63, 3.8) is 0 Å². The fourth-order valence-corrected chi connectivity index (χ4v) is 3.32. The van der Waals surface area contributed by atoms with Gasteiger partial charge in [0, 0.05) is 4.88 Å². The average molecular weight is 294 g/mol. The number of halogens is 2. The van der Waals surface area contributed by atoms with E-state index in [9.17, 15) is 13.6 Å². The molecule has 1 amide bonds. The quantitative estimate of drug-likeness (QED) is 0.920. The molecule has 3 nitrogen and oxygen atoms in total. The number of carbonyl (C=O) groups is 1. The summed E-state index contributed by atoms with van der Waals surface area (Å²) in [4.78, 5) is 17.4. The van der Waals surface area contributed by atoms with Crippen LogP contribution in [0.4, 0.5) is 13.9 Å². The zero-order chi connectivity index (χ0) is 14.1. The number of fused-ring (bicyclic) bond motifs is 1. The van der Waals surface area contributed by atoms with Gasteiger partial charge < -0.3 is 0 Å². The molecule has 0 saturated heterocycles. The Morgan fingerprint density at radius 3 is 2.60 bits per heavy atom. The summed E-state index contributed by atoms with van der Waals surface area (Å²) in [6, 6.07) is 3.35. The lowest BCUT2D eigenvalue weighted by Crippen LogP contribution is -2.15. The van der Waals surface area contributed by atoms with E-state index < -0.39 is 23.1 Å². The van der Waals surface area contributed by atoms with Gasteiger partial charge in [0.2, 0.25) is 0 Å². The Bertz CT molecular complexity index is 625. The lowest BCUT2D eigenvalue weighted by molar-refractivity contribution is 0.101. The predicted molar refractivity (Wildman–Crippen MR) is 73.1 cm³/mol. The highest BCUT2D eigenvalue weighted by atomic mass is 32.1. The van der Waals surface area contributed by atoms with Crippen LogP contribution in [0.2, 0.25) is 0 Å². The van der Waals surface area contributed by atoms with Gasteiger partial charge in [0.25, 0.3) is 5.91 Å². The minimum atomic E-state index is -0.871. The highest BCUT2D eigenvalue weighted by Gasteiger charge is 2.20. The zero-order valence-electron chi connectivity index (χ0n) is 10.6. The highest BCUT2D eigenvalue weighted by Crippen LogP contribution is 2.30. The molecule has 0 radical (unpaired) electrons. The molecule has 0 spiro atoms. The topological polar surface area (TPSA) is 42.0 Å². The maximum absolute atomic E-state index is 13.5. The molecule has 0 aliphatic heterocycles. The van der Waals surface area contributed by atoms with Crippen molar-refractivity contribution in [2.24, 2.45) is 0 Å². The van der Waals surface area contributed by atoms with E-state index in [0.717, 1.165) is 48.4 Å². The maximum atomic E-state index is 13.5. The fraction of sp³-hybridized carbons (Fsp3) is 0.286. The molecule has 3 rings (SSSR count). The third-order valence-electron chi connectivity index (χ3n) is 3.26. The van der Waals surface area contributed by atoms with Gasteiger partial charge in [-0.25, -0.2) is 13.8 Å². The number of aryl methyl sites for hydroxylation is 2. The summed E-state index contributed by atoms with van der Waals surface area (Å²) in [7, 11) is 0. The molecule has 0 atom stereocenters. The Kier molecular flexibility index (Phi) is 3.48. The monoisotopic (exact) mass is 294 g/mol. The van der Waals surface area contributed by atoms with Gasteiger partial charge in [-0.15, -0.1) is 11.3 Å². The molecule has 1 N–H and O–H groups in total. The molecular formula is C14H12F2N2OS. The Hall–Kier alpha value is -1.82. The van der Waals surface area contributed by atoms with Crippen LogP contribution in [0.5, 0.6) is 0 Å². The van der Waals surface area contributed by atoms with Gasteiger partial charge in [-0.2, -0.15) is 0 Å². The number of thiazole rings is 1. The molecule has 0 saturated carbocycles. The van der Waals surface area contributed by atoms with E-state index in [2.05, 4.69) is 10.3 Å². The van der Waals surface area contributed by atoms with Gasteiger partial charge in [-0.1, -0.05) is 6.07 Å². The highest BCUT2D eigenvalue weighted by molar-refractivity contribution is 7.15. The Balaban J connectivity index is 1.84. The molecule has 1 aromatic heterocycles. The van der Waals surface area contributed by atoms with E-state index in [4.69, 9.17) is 0 Å². The normalized spacial score (nSPS) is 13.9. The second-order valence-electron chi connectivity index (χ2n) is 4.65. The van der Waals surface area contributed by atoms with Gasteiger partial charge in [-0.05, 0) is 37.8 Å². The zero-order valence-corrected chi connectivity index (χ0v) is 11.4. The van der Waals surface area contributed by atoms with Crippen LogP contribution in [0.25, 0.3) is 0 Å². The maximum Gasteiger partial charge on any atom is 0.263 e. The van der Waals surface area contributed by atoms with Crippen molar-refractivity contribution in [1.29, 1.82) is 0 Å². The van der Waals surface area contributed by atoms with Crippen LogP contribution in [-0.2, 0) is 12.8 Å². The lowest BCUT2D eigenvalue weighted by atomic mass is 10.0. The molecule has 1 aliphatic carbocycles. The summed E-state index contributed by atoms with van der Waals surface area (Å²) >= 11 is 1.38. The van der Waals surface area contributed by atoms with Gasteiger partial charge in [-0.3, -0.25) is 10.1 Å². The summed E-state index contributed by atoms with van der Waals surface area (Å²) in [6.07, 6.45) is 4.06. The van der Waals surface area contributed by atoms with E-state index in [1.807, 2.05) is 0 Å². The number of hydrogen-bond acceptors (Lipinski definition) is 3. The number of benzene rings is 1. The van der Waals surface area contributed by atoms with Crippen LogP contribution < -0.4 is 5.32 Å². The third kappa shape index (κ3) is 2.43. The van der Waals surface area contributed by atoms with Crippen molar-refractivity contribution in [2.45, 2.75) is 25.7 Å². The largest absolute Gasteiger partial charge is 0.298 e. The first-order valence-corrected chi connectivity index (χ1v) is 7.21. The van der Waals surface area contributed by atoms with E-state index in [1.54, 1.807) is 0 Å². The van der Waals surface area contributed by atoms with Crippen LogP contribution in [0.15, 0.2) is 18.2 Å².